The second-order valence-electron chi connectivity index (χ2n) is 10.6. The van der Waals surface area contributed by atoms with E-state index in [1.807, 2.05) is 91.0 Å². The van der Waals surface area contributed by atoms with Crippen LogP contribution in [-0.2, 0) is 31.0 Å². The van der Waals surface area contributed by atoms with Crippen molar-refractivity contribution in [2.24, 2.45) is 0 Å². The van der Waals surface area contributed by atoms with Crippen molar-refractivity contribution >= 4 is 11.8 Å². The van der Waals surface area contributed by atoms with Gasteiger partial charge in [-0.15, -0.1) is 0 Å². The van der Waals surface area contributed by atoms with Gasteiger partial charge in [0.2, 0.25) is 0 Å². The molecule has 7 nitrogen and oxygen atoms in total. The molecule has 0 spiro atoms. The highest BCUT2D eigenvalue weighted by molar-refractivity contribution is 6.04. The van der Waals surface area contributed by atoms with Crippen molar-refractivity contribution in [2.75, 3.05) is 13.2 Å². The van der Waals surface area contributed by atoms with E-state index in [4.69, 9.17) is 23.7 Å². The van der Waals surface area contributed by atoms with E-state index in [0.29, 0.717) is 24.3 Å². The molecule has 1 heterocycles. The second-order valence-corrected chi connectivity index (χ2v) is 10.6. The Morgan fingerprint density at radius 3 is 1.91 bits per heavy atom. The number of fused-ring (bicyclic) bond motifs is 1. The van der Waals surface area contributed by atoms with Crippen LogP contribution in [0.25, 0.3) is 0 Å². The van der Waals surface area contributed by atoms with Crippen LogP contribution in [0, 0.1) is 0 Å². The molecule has 0 aromatic heterocycles. The number of ether oxygens (including phenoxy) is 5. The quantitative estimate of drug-likeness (QED) is 0.0792. The first-order chi connectivity index (χ1) is 22.1. The van der Waals surface area contributed by atoms with E-state index < -0.39 is 11.8 Å². The van der Waals surface area contributed by atoms with Crippen molar-refractivity contribution in [1.29, 1.82) is 0 Å². The van der Waals surface area contributed by atoms with Crippen LogP contribution in [0.1, 0.15) is 43.0 Å². The number of rotatable bonds is 13. The molecule has 6 rings (SSSR count). The van der Waals surface area contributed by atoms with Crippen molar-refractivity contribution in [1.82, 2.24) is 0 Å². The lowest BCUT2D eigenvalue weighted by Gasteiger charge is -2.18. The van der Waals surface area contributed by atoms with Crippen LogP contribution in [0.2, 0.25) is 0 Å². The predicted octanol–water partition coefficient (Wildman–Crippen LogP) is 7.40. The molecule has 45 heavy (non-hydrogen) atoms. The van der Waals surface area contributed by atoms with E-state index in [9.17, 15) is 9.59 Å². The van der Waals surface area contributed by atoms with Gasteiger partial charge in [0.1, 0.15) is 48.4 Å². The minimum Gasteiger partial charge on any atom is -0.493 e. The van der Waals surface area contributed by atoms with Crippen LogP contribution in [0.3, 0.4) is 0 Å². The minimum atomic E-state index is -0.613. The van der Waals surface area contributed by atoms with E-state index in [1.54, 1.807) is 30.3 Å². The Hall–Kier alpha value is -5.40. The topological polar surface area (TPSA) is 80.3 Å². The van der Waals surface area contributed by atoms with Crippen molar-refractivity contribution in [3.63, 3.8) is 0 Å². The molecule has 7 heteroatoms. The van der Waals surface area contributed by atoms with Crippen molar-refractivity contribution in [2.45, 2.75) is 26.2 Å². The standard InChI is InChI=1S/C38H32O7/c39-33(26-41-23-27-10-4-1-5-11-27)37-35(44-25-29-14-8-3-9-15-29)21-32(43-24-28-12-6-2-7-13-28)22-36(37)45-38(40)31-16-17-34-30(20-31)18-19-42-34/h1-17,20-22H,18-19,23-26H2. The van der Waals surface area contributed by atoms with Crippen LogP contribution in [0.4, 0.5) is 0 Å². The monoisotopic (exact) mass is 600 g/mol. The smallest absolute Gasteiger partial charge is 0.343 e. The number of esters is 1. The molecule has 0 atom stereocenters. The molecule has 0 fully saturated rings. The van der Waals surface area contributed by atoms with Crippen molar-refractivity contribution in [3.05, 3.63) is 155 Å². The van der Waals surface area contributed by atoms with E-state index >= 15 is 0 Å². The number of benzene rings is 5. The summed E-state index contributed by atoms with van der Waals surface area (Å²) in [6.45, 7) is 1.02. The van der Waals surface area contributed by atoms with Gasteiger partial charge in [-0.1, -0.05) is 91.0 Å². The first-order valence-corrected chi connectivity index (χ1v) is 14.8. The maximum atomic E-state index is 13.8. The summed E-state index contributed by atoms with van der Waals surface area (Å²) in [6, 6.07) is 37.3. The summed E-state index contributed by atoms with van der Waals surface area (Å²) in [7, 11) is 0. The molecule has 0 N–H and O–H groups in total. The van der Waals surface area contributed by atoms with Gasteiger partial charge in [0.25, 0.3) is 0 Å². The lowest BCUT2D eigenvalue weighted by atomic mass is 10.1. The van der Waals surface area contributed by atoms with Gasteiger partial charge < -0.3 is 23.7 Å². The molecule has 0 unspecified atom stereocenters. The average molecular weight is 601 g/mol. The Kier molecular flexibility index (Phi) is 9.48. The first kappa shape index (κ1) is 29.7. The number of carbonyl (C=O) groups excluding carboxylic acids is 2. The Bertz CT molecular complexity index is 1750. The maximum absolute atomic E-state index is 13.8. The van der Waals surface area contributed by atoms with Gasteiger partial charge in [-0.3, -0.25) is 4.79 Å². The largest absolute Gasteiger partial charge is 0.493 e. The molecule has 5 aromatic rings. The molecule has 1 aliphatic heterocycles. The summed E-state index contributed by atoms with van der Waals surface area (Å²) in [5.74, 6) is 0.383. The van der Waals surface area contributed by atoms with Gasteiger partial charge in [-0.25, -0.2) is 4.79 Å². The number of Topliss-reactive ketones (excluding diaryl/α,β-unsaturated/α-hetero) is 1. The van der Waals surface area contributed by atoms with Gasteiger partial charge in [0, 0.05) is 18.6 Å². The van der Waals surface area contributed by atoms with Gasteiger partial charge in [0.05, 0.1) is 18.8 Å². The van der Waals surface area contributed by atoms with Crippen LogP contribution in [-0.4, -0.2) is 25.0 Å². The normalized spacial score (nSPS) is 11.7. The molecule has 1 aliphatic rings. The van der Waals surface area contributed by atoms with Gasteiger partial charge in [-0.2, -0.15) is 0 Å². The van der Waals surface area contributed by atoms with E-state index in [0.717, 1.165) is 28.0 Å². The van der Waals surface area contributed by atoms with E-state index in [-0.39, 0.29) is 43.5 Å². The molecule has 0 amide bonds. The summed E-state index contributed by atoms with van der Waals surface area (Å²) in [5.41, 5.74) is 4.18. The van der Waals surface area contributed by atoms with Gasteiger partial charge in [-0.05, 0) is 40.5 Å². The number of carbonyl (C=O) groups is 2. The Morgan fingerprint density at radius 2 is 1.24 bits per heavy atom. The highest BCUT2D eigenvalue weighted by Crippen LogP contribution is 2.37. The number of ketones is 1. The zero-order chi connectivity index (χ0) is 30.8. The molecule has 5 aromatic carbocycles. The number of hydrogen-bond donors (Lipinski definition) is 0. The highest BCUT2D eigenvalue weighted by Gasteiger charge is 2.25. The lowest BCUT2D eigenvalue weighted by Crippen LogP contribution is -2.16. The molecule has 0 radical (unpaired) electrons. The molecular formula is C38H32O7. The average Bonchev–Trinajstić information content (AvgIpc) is 3.56. The van der Waals surface area contributed by atoms with Crippen molar-refractivity contribution < 1.29 is 33.3 Å². The number of hydrogen-bond acceptors (Lipinski definition) is 7. The molecule has 0 saturated heterocycles. The lowest BCUT2D eigenvalue weighted by molar-refractivity contribution is 0.0699. The van der Waals surface area contributed by atoms with Crippen molar-refractivity contribution in [3.8, 4) is 23.0 Å². The first-order valence-electron chi connectivity index (χ1n) is 14.8. The second kappa shape index (κ2) is 14.4. The molecule has 0 saturated carbocycles. The molecule has 0 aliphatic carbocycles. The van der Waals surface area contributed by atoms with Crippen LogP contribution < -0.4 is 18.9 Å². The fraction of sp³-hybridized carbons (Fsp3) is 0.158. The summed E-state index contributed by atoms with van der Waals surface area (Å²) in [6.07, 6.45) is 0.708. The third-order valence-corrected chi connectivity index (χ3v) is 7.28. The third-order valence-electron chi connectivity index (χ3n) is 7.28. The Balaban J connectivity index is 1.32. The molecule has 0 bridgehead atoms. The Labute approximate surface area is 261 Å². The maximum Gasteiger partial charge on any atom is 0.343 e. The predicted molar refractivity (Wildman–Crippen MR) is 169 cm³/mol. The summed E-state index contributed by atoms with van der Waals surface area (Å²) in [4.78, 5) is 27.3. The van der Waals surface area contributed by atoms with E-state index in [1.165, 1.54) is 0 Å². The minimum absolute atomic E-state index is 0.0266. The van der Waals surface area contributed by atoms with Crippen LogP contribution in [0.15, 0.2) is 121 Å². The van der Waals surface area contributed by atoms with E-state index in [2.05, 4.69) is 0 Å². The highest BCUT2D eigenvalue weighted by atomic mass is 16.5. The summed E-state index contributed by atoms with van der Waals surface area (Å²) >= 11 is 0. The third kappa shape index (κ3) is 7.77. The van der Waals surface area contributed by atoms with Crippen LogP contribution in [0.5, 0.6) is 23.0 Å². The summed E-state index contributed by atoms with van der Waals surface area (Å²) in [5, 5.41) is 0. The van der Waals surface area contributed by atoms with Gasteiger partial charge >= 0.3 is 5.97 Å². The zero-order valence-electron chi connectivity index (χ0n) is 24.6. The van der Waals surface area contributed by atoms with Gasteiger partial charge in [0.15, 0.2) is 5.78 Å². The van der Waals surface area contributed by atoms with Crippen LogP contribution >= 0.6 is 0 Å². The summed E-state index contributed by atoms with van der Waals surface area (Å²) < 4.78 is 29.7. The fourth-order valence-corrected chi connectivity index (χ4v) is 4.97. The zero-order valence-corrected chi connectivity index (χ0v) is 24.6. The SMILES string of the molecule is O=C(Oc1cc(OCc2ccccc2)cc(OCc2ccccc2)c1C(=O)COCc1ccccc1)c1ccc2c(c1)CCO2. The molecular weight excluding hydrogens is 568 g/mol. The Morgan fingerprint density at radius 1 is 0.644 bits per heavy atom. The fourth-order valence-electron chi connectivity index (χ4n) is 4.97. The molecule has 226 valence electrons.